The molecule has 80 valence electrons. The van der Waals surface area contributed by atoms with Crippen LogP contribution in [0.15, 0.2) is 17.0 Å². The van der Waals surface area contributed by atoms with E-state index in [1.807, 2.05) is 0 Å². The summed E-state index contributed by atoms with van der Waals surface area (Å²) < 4.78 is 5.12. The molecule has 0 radical (unpaired) electrons. The van der Waals surface area contributed by atoms with Gasteiger partial charge < -0.3 is 15.1 Å². The summed E-state index contributed by atoms with van der Waals surface area (Å²) in [5.74, 6) is 0.876. The van der Waals surface area contributed by atoms with Crippen molar-refractivity contribution in [1.82, 2.24) is 15.6 Å². The molecule has 0 aliphatic heterocycles. The molecule has 4 nitrogen and oxygen atoms in total. The second-order valence-electron chi connectivity index (χ2n) is 3.81. The van der Waals surface area contributed by atoms with Crippen LogP contribution >= 0.6 is 0 Å². The summed E-state index contributed by atoms with van der Waals surface area (Å²) in [4.78, 5) is 3.85. The summed E-state index contributed by atoms with van der Waals surface area (Å²) in [7, 11) is 0. The lowest BCUT2D eigenvalue weighted by Gasteiger charge is -2.15. The first-order valence-electron chi connectivity index (χ1n) is 5.02. The molecular weight excluding hydrogens is 178 g/mol. The molecule has 1 unspecified atom stereocenters. The summed E-state index contributed by atoms with van der Waals surface area (Å²) in [5.41, 5.74) is 0. The summed E-state index contributed by atoms with van der Waals surface area (Å²) in [6.45, 7) is 8.13. The monoisotopic (exact) mass is 197 g/mol. The van der Waals surface area contributed by atoms with Crippen molar-refractivity contribution in [2.24, 2.45) is 0 Å². The van der Waals surface area contributed by atoms with Gasteiger partial charge in [-0.05, 0) is 6.92 Å². The van der Waals surface area contributed by atoms with E-state index in [-0.39, 0.29) is 0 Å². The third-order valence-electron chi connectivity index (χ3n) is 1.94. The first kappa shape index (κ1) is 11.2. The Kier molecular flexibility index (Phi) is 4.62. The van der Waals surface area contributed by atoms with Crippen molar-refractivity contribution in [1.29, 1.82) is 0 Å². The molecule has 1 aromatic heterocycles. The lowest BCUT2D eigenvalue weighted by Crippen LogP contribution is -2.38. The van der Waals surface area contributed by atoms with Crippen LogP contribution in [0.3, 0.4) is 0 Å². The number of oxazole rings is 1. The average molecular weight is 197 g/mol. The second-order valence-corrected chi connectivity index (χ2v) is 3.81. The molecule has 1 heterocycles. The highest BCUT2D eigenvalue weighted by molar-refractivity contribution is 4.87. The quantitative estimate of drug-likeness (QED) is 0.718. The Balaban J connectivity index is 2.12. The molecule has 0 spiro atoms. The Labute approximate surface area is 85.1 Å². The van der Waals surface area contributed by atoms with Crippen molar-refractivity contribution < 1.29 is 4.42 Å². The fourth-order valence-corrected chi connectivity index (χ4v) is 1.09. The molecule has 0 aliphatic carbocycles. The summed E-state index contributed by atoms with van der Waals surface area (Å²) in [6, 6.07) is 0.965. The van der Waals surface area contributed by atoms with Gasteiger partial charge in [0.15, 0.2) is 6.39 Å². The average Bonchev–Trinajstić information content (AvgIpc) is 2.63. The number of rotatable bonds is 6. The predicted octanol–water partition coefficient (Wildman–Crippen LogP) is 1.15. The van der Waals surface area contributed by atoms with E-state index in [1.165, 1.54) is 6.39 Å². The highest BCUT2D eigenvalue weighted by Crippen LogP contribution is 1.95. The minimum atomic E-state index is 0.433. The maximum atomic E-state index is 5.12. The Morgan fingerprint density at radius 2 is 2.14 bits per heavy atom. The third kappa shape index (κ3) is 4.39. The number of hydrogen-bond donors (Lipinski definition) is 2. The van der Waals surface area contributed by atoms with Gasteiger partial charge in [-0.2, -0.15) is 0 Å². The molecule has 0 saturated carbocycles. The lowest BCUT2D eigenvalue weighted by molar-refractivity contribution is 0.430. The van der Waals surface area contributed by atoms with Gasteiger partial charge in [-0.1, -0.05) is 13.8 Å². The highest BCUT2D eigenvalue weighted by Gasteiger charge is 2.03. The SMILES string of the molecule is CC(C)NCC(C)NCc1cnco1. The molecular formula is C10H19N3O. The zero-order valence-corrected chi connectivity index (χ0v) is 9.08. The van der Waals surface area contributed by atoms with Crippen LogP contribution < -0.4 is 10.6 Å². The van der Waals surface area contributed by atoms with Crippen LogP contribution in [-0.4, -0.2) is 23.6 Å². The molecule has 0 saturated heterocycles. The van der Waals surface area contributed by atoms with Gasteiger partial charge in [0.05, 0.1) is 12.7 Å². The van der Waals surface area contributed by atoms with Crippen LogP contribution in [0.25, 0.3) is 0 Å². The molecule has 1 aromatic rings. The van der Waals surface area contributed by atoms with E-state index in [9.17, 15) is 0 Å². The maximum Gasteiger partial charge on any atom is 0.180 e. The number of nitrogens with one attached hydrogen (secondary N) is 2. The van der Waals surface area contributed by atoms with E-state index >= 15 is 0 Å². The van der Waals surface area contributed by atoms with Crippen LogP contribution in [0, 0.1) is 0 Å². The van der Waals surface area contributed by atoms with Crippen LogP contribution in [0.1, 0.15) is 26.5 Å². The van der Waals surface area contributed by atoms with Gasteiger partial charge in [0, 0.05) is 18.6 Å². The third-order valence-corrected chi connectivity index (χ3v) is 1.94. The molecule has 1 atom stereocenters. The van der Waals surface area contributed by atoms with E-state index in [2.05, 4.69) is 36.4 Å². The Morgan fingerprint density at radius 3 is 2.71 bits per heavy atom. The van der Waals surface area contributed by atoms with Gasteiger partial charge in [0.2, 0.25) is 0 Å². The molecule has 2 N–H and O–H groups in total. The van der Waals surface area contributed by atoms with Crippen LogP contribution in [0.4, 0.5) is 0 Å². The molecule has 0 bridgehead atoms. The smallest absolute Gasteiger partial charge is 0.180 e. The molecule has 14 heavy (non-hydrogen) atoms. The number of hydrogen-bond acceptors (Lipinski definition) is 4. The van der Waals surface area contributed by atoms with Gasteiger partial charge >= 0.3 is 0 Å². The molecule has 0 aromatic carbocycles. The van der Waals surface area contributed by atoms with Gasteiger partial charge in [0.25, 0.3) is 0 Å². The predicted molar refractivity (Wildman–Crippen MR) is 55.9 cm³/mol. The van der Waals surface area contributed by atoms with Crippen LogP contribution in [0.5, 0.6) is 0 Å². The van der Waals surface area contributed by atoms with Crippen molar-refractivity contribution in [3.05, 3.63) is 18.4 Å². The zero-order chi connectivity index (χ0) is 10.4. The number of nitrogens with zero attached hydrogens (tertiary/aromatic N) is 1. The maximum absolute atomic E-state index is 5.12. The molecule has 4 heteroatoms. The van der Waals surface area contributed by atoms with Gasteiger partial charge in [-0.15, -0.1) is 0 Å². The fourth-order valence-electron chi connectivity index (χ4n) is 1.09. The summed E-state index contributed by atoms with van der Waals surface area (Å²) >= 11 is 0. The molecule has 0 aliphatic rings. The molecule has 1 rings (SSSR count). The van der Waals surface area contributed by atoms with Crippen LogP contribution in [-0.2, 0) is 6.54 Å². The van der Waals surface area contributed by atoms with Gasteiger partial charge in [0.1, 0.15) is 5.76 Å². The highest BCUT2D eigenvalue weighted by atomic mass is 16.3. The normalized spacial score (nSPS) is 13.4. The minimum absolute atomic E-state index is 0.433. The van der Waals surface area contributed by atoms with E-state index in [1.54, 1.807) is 6.20 Å². The Morgan fingerprint density at radius 1 is 1.36 bits per heavy atom. The van der Waals surface area contributed by atoms with Crippen molar-refractivity contribution in [2.75, 3.05) is 6.54 Å². The molecule has 0 amide bonds. The van der Waals surface area contributed by atoms with E-state index < -0.39 is 0 Å². The summed E-state index contributed by atoms with van der Waals surface area (Å²) in [6.07, 6.45) is 3.18. The first-order valence-corrected chi connectivity index (χ1v) is 5.02. The first-order chi connectivity index (χ1) is 6.68. The number of aromatic nitrogens is 1. The molecule has 0 fully saturated rings. The summed E-state index contributed by atoms with van der Waals surface area (Å²) in [5, 5.41) is 6.71. The van der Waals surface area contributed by atoms with E-state index in [0.717, 1.165) is 18.8 Å². The fraction of sp³-hybridized carbons (Fsp3) is 0.700. The Bertz CT molecular complexity index is 234. The van der Waals surface area contributed by atoms with E-state index in [0.29, 0.717) is 12.1 Å². The van der Waals surface area contributed by atoms with Crippen molar-refractivity contribution in [3.63, 3.8) is 0 Å². The lowest BCUT2D eigenvalue weighted by atomic mass is 10.3. The van der Waals surface area contributed by atoms with Gasteiger partial charge in [-0.25, -0.2) is 4.98 Å². The van der Waals surface area contributed by atoms with Gasteiger partial charge in [-0.3, -0.25) is 0 Å². The largest absolute Gasteiger partial charge is 0.447 e. The van der Waals surface area contributed by atoms with E-state index in [4.69, 9.17) is 4.42 Å². The second kappa shape index (κ2) is 5.78. The standard InChI is InChI=1S/C10H19N3O/c1-8(2)12-4-9(3)13-6-10-5-11-7-14-10/h5,7-9,12-13H,4,6H2,1-3H3. The van der Waals surface area contributed by atoms with Crippen molar-refractivity contribution in [2.45, 2.75) is 39.4 Å². The van der Waals surface area contributed by atoms with Crippen molar-refractivity contribution in [3.8, 4) is 0 Å². The van der Waals surface area contributed by atoms with Crippen LogP contribution in [0.2, 0.25) is 0 Å². The Hall–Kier alpha value is -0.870. The zero-order valence-electron chi connectivity index (χ0n) is 9.08. The van der Waals surface area contributed by atoms with Crippen molar-refractivity contribution >= 4 is 0 Å². The topological polar surface area (TPSA) is 50.1 Å². The minimum Gasteiger partial charge on any atom is -0.447 e.